The van der Waals surface area contributed by atoms with E-state index in [1.807, 2.05) is 0 Å². The van der Waals surface area contributed by atoms with Crippen molar-refractivity contribution in [1.82, 2.24) is 9.97 Å². The number of hydrogen-bond donors (Lipinski definition) is 1. The number of rotatable bonds is 3. The highest BCUT2D eigenvalue weighted by molar-refractivity contribution is 6.03. The summed E-state index contributed by atoms with van der Waals surface area (Å²) in [5.74, 6) is 0.404. The van der Waals surface area contributed by atoms with Crippen LogP contribution < -0.4 is 10.2 Å². The Morgan fingerprint density at radius 1 is 1.14 bits per heavy atom. The Labute approximate surface area is 128 Å². The van der Waals surface area contributed by atoms with Crippen molar-refractivity contribution in [3.63, 3.8) is 0 Å². The number of aromatic nitrogens is 2. The number of amides is 1. The molecule has 22 heavy (non-hydrogen) atoms. The Morgan fingerprint density at radius 2 is 1.95 bits per heavy atom. The number of nitrogens with one attached hydrogen (secondary N) is 1. The molecule has 1 aliphatic rings. The van der Waals surface area contributed by atoms with Crippen LogP contribution in [0, 0.1) is 5.82 Å². The van der Waals surface area contributed by atoms with E-state index >= 15 is 0 Å². The van der Waals surface area contributed by atoms with Gasteiger partial charge in [0.05, 0.1) is 0 Å². The van der Waals surface area contributed by atoms with Gasteiger partial charge in [0.15, 0.2) is 0 Å². The van der Waals surface area contributed by atoms with Crippen LogP contribution in [0.5, 0.6) is 0 Å². The van der Waals surface area contributed by atoms with E-state index in [-0.39, 0.29) is 11.5 Å². The van der Waals surface area contributed by atoms with Crippen LogP contribution in [0.3, 0.4) is 0 Å². The fourth-order valence-electron chi connectivity index (χ4n) is 2.53. The molecule has 1 amide bonds. The smallest absolute Gasteiger partial charge is 0.256 e. The minimum absolute atomic E-state index is 0.262. The zero-order valence-electron chi connectivity index (χ0n) is 12.1. The maximum atomic E-state index is 13.2. The summed E-state index contributed by atoms with van der Waals surface area (Å²) in [5.41, 5.74) is 0.262. The van der Waals surface area contributed by atoms with Crippen molar-refractivity contribution in [2.45, 2.75) is 19.3 Å². The van der Waals surface area contributed by atoms with E-state index in [1.165, 1.54) is 30.9 Å². The van der Waals surface area contributed by atoms with Gasteiger partial charge in [0, 0.05) is 24.7 Å². The minimum Gasteiger partial charge on any atom is -0.356 e. The highest BCUT2D eigenvalue weighted by Gasteiger charge is 2.14. The van der Waals surface area contributed by atoms with Gasteiger partial charge >= 0.3 is 0 Å². The van der Waals surface area contributed by atoms with Gasteiger partial charge < -0.3 is 10.2 Å². The zero-order chi connectivity index (χ0) is 15.4. The number of nitrogens with zero attached hydrogens (tertiary/aromatic N) is 3. The van der Waals surface area contributed by atoms with Crippen molar-refractivity contribution >= 4 is 17.5 Å². The van der Waals surface area contributed by atoms with E-state index in [1.54, 1.807) is 12.1 Å². The van der Waals surface area contributed by atoms with Crippen molar-refractivity contribution in [2.24, 2.45) is 0 Å². The lowest BCUT2D eigenvalue weighted by Gasteiger charge is -2.27. The number of hydrogen-bond acceptors (Lipinski definition) is 4. The largest absolute Gasteiger partial charge is 0.356 e. The van der Waals surface area contributed by atoms with Gasteiger partial charge in [-0.15, -0.1) is 0 Å². The van der Waals surface area contributed by atoms with Crippen LogP contribution in [-0.4, -0.2) is 29.0 Å². The van der Waals surface area contributed by atoms with Gasteiger partial charge in [-0.2, -0.15) is 0 Å². The first-order valence-corrected chi connectivity index (χ1v) is 7.36. The van der Waals surface area contributed by atoms with Crippen molar-refractivity contribution in [1.29, 1.82) is 0 Å². The SMILES string of the molecule is O=C(Nc1cc(N2CCCCC2)ncn1)c1cccc(F)c1. The topological polar surface area (TPSA) is 58.1 Å². The summed E-state index contributed by atoms with van der Waals surface area (Å²) in [4.78, 5) is 22.6. The molecule has 1 aromatic carbocycles. The Kier molecular flexibility index (Phi) is 4.27. The molecule has 5 nitrogen and oxygen atoms in total. The highest BCUT2D eigenvalue weighted by Crippen LogP contribution is 2.19. The average molecular weight is 300 g/mol. The Bertz CT molecular complexity index is 671. The first kappa shape index (κ1) is 14.4. The lowest BCUT2D eigenvalue weighted by molar-refractivity contribution is 0.102. The number of carbonyl (C=O) groups is 1. The van der Waals surface area contributed by atoms with Gasteiger partial charge in [0.25, 0.3) is 5.91 Å². The van der Waals surface area contributed by atoms with Crippen LogP contribution >= 0.6 is 0 Å². The first-order chi connectivity index (χ1) is 10.7. The van der Waals surface area contributed by atoms with Gasteiger partial charge in [-0.1, -0.05) is 6.07 Å². The lowest BCUT2D eigenvalue weighted by Crippen LogP contribution is -2.30. The second-order valence-corrected chi connectivity index (χ2v) is 5.27. The molecule has 2 heterocycles. The van der Waals surface area contributed by atoms with Gasteiger partial charge in [0.2, 0.25) is 0 Å². The quantitative estimate of drug-likeness (QED) is 0.947. The third-order valence-electron chi connectivity index (χ3n) is 3.66. The summed E-state index contributed by atoms with van der Waals surface area (Å²) in [5, 5.41) is 2.68. The molecule has 0 aliphatic carbocycles. The molecular formula is C16H17FN4O. The summed E-state index contributed by atoms with van der Waals surface area (Å²) >= 11 is 0. The van der Waals surface area contributed by atoms with E-state index in [0.29, 0.717) is 5.82 Å². The monoisotopic (exact) mass is 300 g/mol. The molecule has 2 aromatic rings. The molecule has 1 aromatic heterocycles. The van der Waals surface area contributed by atoms with Crippen molar-refractivity contribution in [2.75, 3.05) is 23.3 Å². The van der Waals surface area contributed by atoms with Gasteiger partial charge in [-0.25, -0.2) is 14.4 Å². The number of benzene rings is 1. The molecule has 0 radical (unpaired) electrons. The molecule has 1 N–H and O–H groups in total. The molecule has 1 saturated heterocycles. The second-order valence-electron chi connectivity index (χ2n) is 5.27. The number of piperidine rings is 1. The molecular weight excluding hydrogens is 283 g/mol. The van der Waals surface area contributed by atoms with Gasteiger partial charge in [0.1, 0.15) is 23.8 Å². The van der Waals surface area contributed by atoms with Crippen LogP contribution in [0.1, 0.15) is 29.6 Å². The summed E-state index contributed by atoms with van der Waals surface area (Å²) < 4.78 is 13.2. The summed E-state index contributed by atoms with van der Waals surface area (Å²) in [7, 11) is 0. The number of anilines is 2. The molecule has 6 heteroatoms. The molecule has 0 unspecified atom stereocenters. The van der Waals surface area contributed by atoms with Crippen LogP contribution in [0.15, 0.2) is 36.7 Å². The number of halogens is 1. The molecule has 0 spiro atoms. The van der Waals surface area contributed by atoms with Crippen LogP contribution in [0.2, 0.25) is 0 Å². The van der Waals surface area contributed by atoms with Gasteiger partial charge in [-0.05, 0) is 37.5 Å². The Morgan fingerprint density at radius 3 is 2.73 bits per heavy atom. The average Bonchev–Trinajstić information content (AvgIpc) is 2.56. The molecule has 1 fully saturated rings. The van der Waals surface area contributed by atoms with E-state index in [4.69, 9.17) is 0 Å². The Hall–Kier alpha value is -2.50. The predicted molar refractivity (Wildman–Crippen MR) is 82.4 cm³/mol. The van der Waals surface area contributed by atoms with E-state index < -0.39 is 5.82 Å². The van der Waals surface area contributed by atoms with Crippen molar-refractivity contribution < 1.29 is 9.18 Å². The fraction of sp³-hybridized carbons (Fsp3) is 0.312. The van der Waals surface area contributed by atoms with Crippen LogP contribution in [0.25, 0.3) is 0 Å². The van der Waals surface area contributed by atoms with Crippen LogP contribution in [0.4, 0.5) is 16.0 Å². The van der Waals surface area contributed by atoms with Crippen LogP contribution in [-0.2, 0) is 0 Å². The highest BCUT2D eigenvalue weighted by atomic mass is 19.1. The zero-order valence-corrected chi connectivity index (χ0v) is 12.1. The Balaban J connectivity index is 1.73. The maximum absolute atomic E-state index is 13.2. The standard InChI is InChI=1S/C16H17FN4O/c17-13-6-4-5-12(9-13)16(22)20-14-10-15(19-11-18-14)21-7-2-1-3-8-21/h4-6,9-11H,1-3,7-8H2,(H,18,19,20,22). The van der Waals surface area contributed by atoms with Crippen molar-refractivity contribution in [3.05, 3.63) is 48.0 Å². The third-order valence-corrected chi connectivity index (χ3v) is 3.66. The van der Waals surface area contributed by atoms with E-state index in [0.717, 1.165) is 31.7 Å². The molecule has 114 valence electrons. The molecule has 0 atom stereocenters. The molecule has 0 bridgehead atoms. The van der Waals surface area contributed by atoms with Gasteiger partial charge in [-0.3, -0.25) is 4.79 Å². The van der Waals surface area contributed by atoms with Crippen molar-refractivity contribution in [3.8, 4) is 0 Å². The third kappa shape index (κ3) is 3.39. The lowest BCUT2D eigenvalue weighted by atomic mass is 10.1. The fourth-order valence-corrected chi connectivity index (χ4v) is 2.53. The maximum Gasteiger partial charge on any atom is 0.256 e. The van der Waals surface area contributed by atoms with E-state index in [2.05, 4.69) is 20.2 Å². The molecule has 1 aliphatic heterocycles. The summed E-state index contributed by atoms with van der Waals surface area (Å²) in [6.45, 7) is 1.93. The second kappa shape index (κ2) is 6.51. The minimum atomic E-state index is -0.440. The molecule has 0 saturated carbocycles. The number of carbonyl (C=O) groups excluding carboxylic acids is 1. The summed E-state index contributed by atoms with van der Waals surface area (Å²) in [6.07, 6.45) is 4.97. The molecule has 3 rings (SSSR count). The first-order valence-electron chi connectivity index (χ1n) is 7.36. The van der Waals surface area contributed by atoms with E-state index in [9.17, 15) is 9.18 Å². The normalized spacial score (nSPS) is 14.7. The summed E-state index contributed by atoms with van der Waals surface area (Å²) in [6, 6.07) is 7.31. The predicted octanol–water partition coefficient (Wildman–Crippen LogP) is 2.86.